The summed E-state index contributed by atoms with van der Waals surface area (Å²) in [6.07, 6.45) is 0.0670. The summed E-state index contributed by atoms with van der Waals surface area (Å²) in [4.78, 5) is 34.3. The van der Waals surface area contributed by atoms with Gasteiger partial charge in [-0.25, -0.2) is 9.59 Å². The van der Waals surface area contributed by atoms with Gasteiger partial charge in [0.1, 0.15) is 6.04 Å². The average Bonchev–Trinajstić information content (AvgIpc) is 2.22. The average molecular weight is 261 g/mol. The van der Waals surface area contributed by atoms with E-state index in [-0.39, 0.29) is 0 Å². The van der Waals surface area contributed by atoms with Crippen LogP contribution in [-0.2, 0) is 9.59 Å². The van der Waals surface area contributed by atoms with Crippen LogP contribution >= 0.6 is 0 Å². The Kier molecular flexibility index (Phi) is 7.45. The number of carboxylic acid groups (broad SMARTS) is 2. The van der Waals surface area contributed by atoms with Crippen molar-refractivity contribution in [3.63, 3.8) is 0 Å². The van der Waals surface area contributed by atoms with E-state index in [1.807, 2.05) is 19.0 Å². The highest BCUT2D eigenvalue weighted by Gasteiger charge is 2.22. The van der Waals surface area contributed by atoms with Gasteiger partial charge in [-0.3, -0.25) is 4.79 Å². The monoisotopic (exact) mass is 261 g/mol. The minimum atomic E-state index is -1.42. The second-order valence-electron chi connectivity index (χ2n) is 4.05. The molecule has 0 aromatic carbocycles. The van der Waals surface area contributed by atoms with E-state index in [1.54, 1.807) is 0 Å². The van der Waals surface area contributed by atoms with Gasteiger partial charge in [-0.15, -0.1) is 0 Å². The summed E-state index contributed by atoms with van der Waals surface area (Å²) in [7, 11) is 3.79. The molecule has 0 fully saturated rings. The maximum atomic E-state index is 11.3. The maximum absolute atomic E-state index is 11.3. The lowest BCUT2D eigenvalue weighted by molar-refractivity contribution is -0.145. The number of carbonyl (C=O) groups excluding carboxylic acids is 1. The van der Waals surface area contributed by atoms with Crippen molar-refractivity contribution in [1.29, 1.82) is 0 Å². The Hall–Kier alpha value is -1.83. The summed E-state index contributed by atoms with van der Waals surface area (Å²) >= 11 is 0. The number of rotatable bonds is 8. The largest absolute Gasteiger partial charge is 0.481 e. The van der Waals surface area contributed by atoms with Crippen LogP contribution in [0.2, 0.25) is 0 Å². The highest BCUT2D eigenvalue weighted by molar-refractivity contribution is 5.86. The smallest absolute Gasteiger partial charge is 0.326 e. The molecule has 1 atom stereocenters. The first-order valence-electron chi connectivity index (χ1n) is 5.46. The van der Waals surface area contributed by atoms with E-state index < -0.39 is 30.4 Å². The number of urea groups is 1. The highest BCUT2D eigenvalue weighted by Crippen LogP contribution is 1.92. The SMILES string of the molecule is CN(C)CCCNC(=O)NC(CC(=O)O)C(=O)O. The van der Waals surface area contributed by atoms with E-state index in [0.29, 0.717) is 6.54 Å². The first-order chi connectivity index (χ1) is 8.32. The Bertz CT molecular complexity index is 306. The van der Waals surface area contributed by atoms with Gasteiger partial charge in [0.15, 0.2) is 0 Å². The van der Waals surface area contributed by atoms with E-state index in [0.717, 1.165) is 13.0 Å². The van der Waals surface area contributed by atoms with E-state index in [2.05, 4.69) is 10.6 Å². The third-order valence-corrected chi connectivity index (χ3v) is 2.05. The molecule has 4 N–H and O–H groups in total. The van der Waals surface area contributed by atoms with Gasteiger partial charge in [0.2, 0.25) is 0 Å². The summed E-state index contributed by atoms with van der Waals surface area (Å²) in [5, 5.41) is 21.7. The molecule has 0 heterocycles. The van der Waals surface area contributed by atoms with Crippen LogP contribution in [0, 0.1) is 0 Å². The van der Waals surface area contributed by atoms with Crippen LogP contribution in [0.5, 0.6) is 0 Å². The van der Waals surface area contributed by atoms with Crippen molar-refractivity contribution in [2.45, 2.75) is 18.9 Å². The van der Waals surface area contributed by atoms with Gasteiger partial charge in [-0.2, -0.15) is 0 Å². The van der Waals surface area contributed by atoms with E-state index in [4.69, 9.17) is 10.2 Å². The molecule has 0 saturated heterocycles. The molecule has 0 aliphatic rings. The van der Waals surface area contributed by atoms with Crippen molar-refractivity contribution in [1.82, 2.24) is 15.5 Å². The number of nitrogens with one attached hydrogen (secondary N) is 2. The molecule has 8 heteroatoms. The third kappa shape index (κ3) is 8.34. The van der Waals surface area contributed by atoms with Gasteiger partial charge in [0.05, 0.1) is 6.42 Å². The zero-order chi connectivity index (χ0) is 14.1. The maximum Gasteiger partial charge on any atom is 0.326 e. The number of nitrogens with zero attached hydrogens (tertiary/aromatic N) is 1. The van der Waals surface area contributed by atoms with E-state index in [1.165, 1.54) is 0 Å². The minimum absolute atomic E-state index is 0.392. The molecule has 0 bridgehead atoms. The highest BCUT2D eigenvalue weighted by atomic mass is 16.4. The van der Waals surface area contributed by atoms with Crippen molar-refractivity contribution in [2.24, 2.45) is 0 Å². The molecule has 8 nitrogen and oxygen atoms in total. The Morgan fingerprint density at radius 2 is 1.83 bits per heavy atom. The zero-order valence-electron chi connectivity index (χ0n) is 10.5. The molecular weight excluding hydrogens is 242 g/mol. The molecule has 0 spiro atoms. The standard InChI is InChI=1S/C10H19N3O5/c1-13(2)5-3-4-11-10(18)12-7(9(16)17)6-8(14)15/h7H,3-6H2,1-2H3,(H,14,15)(H,16,17)(H2,11,12,18). The fourth-order valence-corrected chi connectivity index (χ4v) is 1.18. The van der Waals surface area contributed by atoms with Gasteiger partial charge in [-0.05, 0) is 27.1 Å². The molecule has 0 aromatic rings. The minimum Gasteiger partial charge on any atom is -0.481 e. The van der Waals surface area contributed by atoms with Crippen LogP contribution in [0.15, 0.2) is 0 Å². The number of hydrogen-bond acceptors (Lipinski definition) is 4. The van der Waals surface area contributed by atoms with Gasteiger partial charge < -0.3 is 25.7 Å². The lowest BCUT2D eigenvalue weighted by atomic mass is 10.2. The predicted octanol–water partition coefficient (Wildman–Crippen LogP) is -0.835. The van der Waals surface area contributed by atoms with Crippen molar-refractivity contribution in [2.75, 3.05) is 27.2 Å². The number of carbonyl (C=O) groups is 3. The molecule has 0 aliphatic heterocycles. The lowest BCUT2D eigenvalue weighted by Gasteiger charge is -2.14. The van der Waals surface area contributed by atoms with E-state index >= 15 is 0 Å². The summed E-state index contributed by atoms with van der Waals surface area (Å²) in [5.74, 6) is -2.66. The Morgan fingerprint density at radius 3 is 2.28 bits per heavy atom. The van der Waals surface area contributed by atoms with Crippen molar-refractivity contribution >= 4 is 18.0 Å². The molecule has 0 aliphatic carbocycles. The molecule has 0 saturated carbocycles. The fourth-order valence-electron chi connectivity index (χ4n) is 1.18. The van der Waals surface area contributed by atoms with Crippen molar-refractivity contribution in [3.8, 4) is 0 Å². The van der Waals surface area contributed by atoms with Gasteiger partial charge in [-0.1, -0.05) is 0 Å². The summed E-state index contributed by atoms with van der Waals surface area (Å²) in [6.45, 7) is 1.18. The molecule has 18 heavy (non-hydrogen) atoms. The Morgan fingerprint density at radius 1 is 1.22 bits per heavy atom. The second-order valence-corrected chi connectivity index (χ2v) is 4.05. The third-order valence-electron chi connectivity index (χ3n) is 2.05. The molecule has 104 valence electrons. The Labute approximate surface area is 105 Å². The van der Waals surface area contributed by atoms with Crippen LogP contribution in [0.25, 0.3) is 0 Å². The number of aliphatic carboxylic acids is 2. The molecule has 1 unspecified atom stereocenters. The van der Waals surface area contributed by atoms with Crippen LogP contribution in [-0.4, -0.2) is 66.3 Å². The van der Waals surface area contributed by atoms with Crippen LogP contribution in [0.1, 0.15) is 12.8 Å². The van der Waals surface area contributed by atoms with Crippen LogP contribution < -0.4 is 10.6 Å². The first-order valence-corrected chi connectivity index (χ1v) is 5.46. The first kappa shape index (κ1) is 16.2. The summed E-state index contributed by atoms with van der Waals surface area (Å²) in [5.41, 5.74) is 0. The number of hydrogen-bond donors (Lipinski definition) is 4. The fraction of sp³-hybridized carbons (Fsp3) is 0.700. The Balaban J connectivity index is 3.95. The summed E-state index contributed by atoms with van der Waals surface area (Å²) < 4.78 is 0. The normalized spacial score (nSPS) is 11.9. The van der Waals surface area contributed by atoms with Crippen molar-refractivity contribution < 1.29 is 24.6 Å². The molecule has 0 aromatic heterocycles. The zero-order valence-corrected chi connectivity index (χ0v) is 10.5. The van der Waals surface area contributed by atoms with Crippen LogP contribution in [0.3, 0.4) is 0 Å². The number of carboxylic acids is 2. The number of amides is 2. The topological polar surface area (TPSA) is 119 Å². The van der Waals surface area contributed by atoms with E-state index in [9.17, 15) is 14.4 Å². The van der Waals surface area contributed by atoms with Crippen molar-refractivity contribution in [3.05, 3.63) is 0 Å². The molecular formula is C10H19N3O5. The molecule has 0 rings (SSSR count). The van der Waals surface area contributed by atoms with Gasteiger partial charge >= 0.3 is 18.0 Å². The predicted molar refractivity (Wildman–Crippen MR) is 63.4 cm³/mol. The second kappa shape index (κ2) is 8.29. The molecule has 0 radical (unpaired) electrons. The van der Waals surface area contributed by atoms with Gasteiger partial charge in [0.25, 0.3) is 0 Å². The summed E-state index contributed by atoms with van der Waals surface area (Å²) in [6, 6.07) is -2.10. The molecule has 2 amide bonds. The van der Waals surface area contributed by atoms with Gasteiger partial charge in [0, 0.05) is 6.54 Å². The lowest BCUT2D eigenvalue weighted by Crippen LogP contribution is -2.47. The van der Waals surface area contributed by atoms with Crippen LogP contribution in [0.4, 0.5) is 4.79 Å². The quantitative estimate of drug-likeness (QED) is 0.423.